The summed E-state index contributed by atoms with van der Waals surface area (Å²) in [6, 6.07) is 7.07. The molecule has 0 bridgehead atoms. The molecule has 7 heteroatoms. The number of benzene rings is 1. The second-order valence-electron chi connectivity index (χ2n) is 7.79. The number of nitrogens with zero attached hydrogens (tertiary/aromatic N) is 1. The minimum atomic E-state index is -0.342. The molecule has 1 heterocycles. The quantitative estimate of drug-likeness (QED) is 0.674. The fraction of sp³-hybridized carbons (Fsp3) is 0.591. The highest BCUT2D eigenvalue weighted by Gasteiger charge is 2.28. The summed E-state index contributed by atoms with van der Waals surface area (Å²) in [4.78, 5) is 38.0. The lowest BCUT2D eigenvalue weighted by Gasteiger charge is -2.38. The number of esters is 1. The van der Waals surface area contributed by atoms with Crippen LogP contribution in [-0.4, -0.2) is 54.0 Å². The Kier molecular flexibility index (Phi) is 8.49. The summed E-state index contributed by atoms with van der Waals surface area (Å²) in [5.74, 6) is -0.0977. The average molecular weight is 405 g/mol. The van der Waals surface area contributed by atoms with Crippen molar-refractivity contribution in [3.05, 3.63) is 29.8 Å². The zero-order valence-corrected chi connectivity index (χ0v) is 17.8. The second kappa shape index (κ2) is 10.8. The van der Waals surface area contributed by atoms with Gasteiger partial charge in [-0.1, -0.05) is 0 Å². The van der Waals surface area contributed by atoms with E-state index in [4.69, 9.17) is 9.47 Å². The second-order valence-corrected chi connectivity index (χ2v) is 7.79. The van der Waals surface area contributed by atoms with Crippen LogP contribution in [0.5, 0.6) is 5.75 Å². The fourth-order valence-corrected chi connectivity index (χ4v) is 3.54. The lowest BCUT2D eigenvalue weighted by Crippen LogP contribution is -2.49. The molecule has 0 radical (unpaired) electrons. The molecule has 1 aromatic carbocycles. The topological polar surface area (TPSA) is 84.9 Å². The van der Waals surface area contributed by atoms with Crippen LogP contribution in [0, 0.1) is 0 Å². The number of amides is 2. The average Bonchev–Trinajstić information content (AvgIpc) is 2.66. The first kappa shape index (κ1) is 22.7. The summed E-state index contributed by atoms with van der Waals surface area (Å²) < 4.78 is 10.6. The Morgan fingerprint density at radius 3 is 2.31 bits per heavy atom. The van der Waals surface area contributed by atoms with Crippen molar-refractivity contribution in [2.45, 2.75) is 71.6 Å². The van der Waals surface area contributed by atoms with Gasteiger partial charge in [0, 0.05) is 24.2 Å². The maximum absolute atomic E-state index is 12.5. The molecule has 2 amide bonds. The highest BCUT2D eigenvalue weighted by molar-refractivity contribution is 5.94. The van der Waals surface area contributed by atoms with Gasteiger partial charge < -0.3 is 19.7 Å². The monoisotopic (exact) mass is 404 g/mol. The van der Waals surface area contributed by atoms with Gasteiger partial charge in [-0.25, -0.2) is 0 Å². The van der Waals surface area contributed by atoms with Gasteiger partial charge in [-0.15, -0.1) is 0 Å². The molecule has 1 aliphatic heterocycles. The molecular formula is C22H32N2O5. The fourth-order valence-electron chi connectivity index (χ4n) is 3.54. The molecule has 1 aromatic rings. The molecule has 1 N–H and O–H groups in total. The van der Waals surface area contributed by atoms with Crippen molar-refractivity contribution >= 4 is 17.8 Å². The number of nitrogens with one attached hydrogen (secondary N) is 1. The largest absolute Gasteiger partial charge is 0.484 e. The lowest BCUT2D eigenvalue weighted by atomic mass is 9.97. The van der Waals surface area contributed by atoms with Gasteiger partial charge in [0.1, 0.15) is 5.75 Å². The zero-order valence-electron chi connectivity index (χ0n) is 17.8. The van der Waals surface area contributed by atoms with Gasteiger partial charge in [0.25, 0.3) is 11.8 Å². The van der Waals surface area contributed by atoms with E-state index in [1.54, 1.807) is 38.1 Å². The van der Waals surface area contributed by atoms with E-state index in [1.165, 1.54) is 0 Å². The summed E-state index contributed by atoms with van der Waals surface area (Å²) in [7, 11) is 0. The van der Waals surface area contributed by atoms with Crippen molar-refractivity contribution < 1.29 is 23.9 Å². The maximum atomic E-state index is 12.5. The molecule has 1 fully saturated rings. The Morgan fingerprint density at radius 2 is 1.72 bits per heavy atom. The Bertz CT molecular complexity index is 692. The van der Waals surface area contributed by atoms with E-state index in [1.807, 2.05) is 4.90 Å². The van der Waals surface area contributed by atoms with Crippen molar-refractivity contribution in [1.29, 1.82) is 0 Å². The molecule has 29 heavy (non-hydrogen) atoms. The smallest absolute Gasteiger partial charge is 0.307 e. The van der Waals surface area contributed by atoms with E-state index >= 15 is 0 Å². The highest BCUT2D eigenvalue weighted by atomic mass is 16.5. The third-order valence-corrected chi connectivity index (χ3v) is 4.94. The minimum Gasteiger partial charge on any atom is -0.484 e. The summed E-state index contributed by atoms with van der Waals surface area (Å²) >= 11 is 0. The third kappa shape index (κ3) is 7.07. The Hall–Kier alpha value is -2.57. The molecule has 2 rings (SSSR count). The first-order chi connectivity index (χ1) is 13.8. The molecule has 0 aromatic heterocycles. The molecule has 2 atom stereocenters. The first-order valence-corrected chi connectivity index (χ1v) is 10.3. The molecular weight excluding hydrogens is 372 g/mol. The lowest BCUT2D eigenvalue weighted by molar-refractivity contribution is -0.147. The van der Waals surface area contributed by atoms with Gasteiger partial charge >= 0.3 is 5.97 Å². The molecule has 0 aliphatic carbocycles. The molecule has 1 saturated heterocycles. The molecule has 0 spiro atoms. The predicted octanol–water partition coefficient (Wildman–Crippen LogP) is 2.93. The Balaban J connectivity index is 1.78. The predicted molar refractivity (Wildman–Crippen MR) is 110 cm³/mol. The molecule has 1 aliphatic rings. The summed E-state index contributed by atoms with van der Waals surface area (Å²) in [5.41, 5.74) is 0.458. The summed E-state index contributed by atoms with van der Waals surface area (Å²) in [5, 5.41) is 2.68. The Morgan fingerprint density at radius 1 is 1.10 bits per heavy atom. The molecule has 7 nitrogen and oxygen atoms in total. The van der Waals surface area contributed by atoms with Crippen molar-refractivity contribution in [1.82, 2.24) is 10.2 Å². The van der Waals surface area contributed by atoms with E-state index in [0.29, 0.717) is 11.3 Å². The normalized spacial score (nSPS) is 19.0. The van der Waals surface area contributed by atoms with Gasteiger partial charge in [0.15, 0.2) is 6.61 Å². The van der Waals surface area contributed by atoms with Crippen LogP contribution in [-0.2, 0) is 14.3 Å². The van der Waals surface area contributed by atoms with Crippen LogP contribution in [0.4, 0.5) is 0 Å². The van der Waals surface area contributed by atoms with Crippen LogP contribution >= 0.6 is 0 Å². The van der Waals surface area contributed by atoms with E-state index in [9.17, 15) is 14.4 Å². The van der Waals surface area contributed by atoms with Gasteiger partial charge in [-0.2, -0.15) is 0 Å². The van der Waals surface area contributed by atoms with Crippen molar-refractivity contribution in [2.24, 2.45) is 0 Å². The number of piperidine rings is 1. The number of carbonyl (C=O) groups excluding carboxylic acids is 3. The van der Waals surface area contributed by atoms with Gasteiger partial charge in [0.2, 0.25) is 0 Å². The van der Waals surface area contributed by atoms with Crippen LogP contribution in [0.3, 0.4) is 0 Å². The van der Waals surface area contributed by atoms with E-state index in [-0.39, 0.29) is 55.5 Å². The summed E-state index contributed by atoms with van der Waals surface area (Å²) in [6.07, 6.45) is 3.15. The van der Waals surface area contributed by atoms with Gasteiger partial charge in [-0.05, 0) is 71.2 Å². The van der Waals surface area contributed by atoms with Crippen LogP contribution in [0.1, 0.15) is 63.7 Å². The minimum absolute atomic E-state index is 0.0141. The summed E-state index contributed by atoms with van der Waals surface area (Å²) in [6.45, 7) is 7.90. The highest BCUT2D eigenvalue weighted by Crippen LogP contribution is 2.23. The first-order valence-electron chi connectivity index (χ1n) is 10.3. The standard InChI is InChI=1S/C22H32N2O5/c1-15(2)29-21(26)12-13-23-22(27)18-8-10-19(11-9-18)28-14-20(25)24-16(3)6-5-7-17(24)4/h8-11,15-17H,5-7,12-14H2,1-4H3,(H,23,27). The number of hydrogen-bond acceptors (Lipinski definition) is 5. The molecule has 2 unspecified atom stereocenters. The van der Waals surface area contributed by atoms with E-state index in [2.05, 4.69) is 19.2 Å². The van der Waals surface area contributed by atoms with Crippen LogP contribution < -0.4 is 10.1 Å². The van der Waals surface area contributed by atoms with Crippen molar-refractivity contribution in [2.75, 3.05) is 13.2 Å². The Labute approximate surface area is 172 Å². The van der Waals surface area contributed by atoms with Gasteiger partial charge in [0.05, 0.1) is 12.5 Å². The zero-order chi connectivity index (χ0) is 21.4. The van der Waals surface area contributed by atoms with Crippen molar-refractivity contribution in [3.63, 3.8) is 0 Å². The number of carbonyl (C=O) groups is 3. The van der Waals surface area contributed by atoms with E-state index < -0.39 is 0 Å². The number of likely N-dealkylation sites (tertiary alicyclic amines) is 1. The number of hydrogen-bond donors (Lipinski definition) is 1. The molecule has 160 valence electrons. The van der Waals surface area contributed by atoms with Crippen LogP contribution in [0.15, 0.2) is 24.3 Å². The van der Waals surface area contributed by atoms with Crippen molar-refractivity contribution in [3.8, 4) is 5.75 Å². The third-order valence-electron chi connectivity index (χ3n) is 4.94. The van der Waals surface area contributed by atoms with Crippen LogP contribution in [0.2, 0.25) is 0 Å². The number of rotatable bonds is 8. The molecule has 0 saturated carbocycles. The van der Waals surface area contributed by atoms with E-state index in [0.717, 1.165) is 19.3 Å². The van der Waals surface area contributed by atoms with Gasteiger partial charge in [-0.3, -0.25) is 14.4 Å². The maximum Gasteiger partial charge on any atom is 0.307 e. The van der Waals surface area contributed by atoms with Crippen LogP contribution in [0.25, 0.3) is 0 Å². The SMILES string of the molecule is CC(C)OC(=O)CCNC(=O)c1ccc(OCC(=O)N2C(C)CCCC2C)cc1. The number of ether oxygens (including phenoxy) is 2.